The lowest BCUT2D eigenvalue weighted by Gasteiger charge is -2.29. The molecule has 0 saturated carbocycles. The lowest BCUT2D eigenvalue weighted by molar-refractivity contribution is 0.629. The van der Waals surface area contributed by atoms with Crippen molar-refractivity contribution in [2.45, 2.75) is 39.9 Å². The summed E-state index contributed by atoms with van der Waals surface area (Å²) < 4.78 is 4.48. The minimum atomic E-state index is -0.409. The van der Waals surface area contributed by atoms with Gasteiger partial charge in [0.25, 0.3) is 5.56 Å². The second-order valence-electron chi connectivity index (χ2n) is 7.46. The number of aryl methyl sites for hydroxylation is 2. The molecule has 29 heavy (non-hydrogen) atoms. The first-order valence-electron chi connectivity index (χ1n) is 9.54. The third-order valence-corrected chi connectivity index (χ3v) is 5.39. The third kappa shape index (κ3) is 2.91. The molecule has 150 valence electrons. The molecule has 1 atom stereocenters. The van der Waals surface area contributed by atoms with Gasteiger partial charge in [0.2, 0.25) is 5.95 Å². The van der Waals surface area contributed by atoms with Gasteiger partial charge in [-0.3, -0.25) is 18.5 Å². The first-order valence-corrected chi connectivity index (χ1v) is 9.54. The van der Waals surface area contributed by atoms with Crippen LogP contribution in [0.25, 0.3) is 11.2 Å². The topological polar surface area (TPSA) is 77.4 Å². The van der Waals surface area contributed by atoms with Crippen LogP contribution >= 0.6 is 0 Å². The maximum absolute atomic E-state index is 13.2. The van der Waals surface area contributed by atoms with E-state index in [9.17, 15) is 9.59 Å². The van der Waals surface area contributed by atoms with Crippen LogP contribution in [0.4, 0.5) is 5.95 Å². The molecule has 2 aromatic heterocycles. The van der Waals surface area contributed by atoms with Gasteiger partial charge in [0, 0.05) is 13.6 Å². The monoisotopic (exact) mass is 392 g/mol. The largest absolute Gasteiger partial charge is 0.332 e. The summed E-state index contributed by atoms with van der Waals surface area (Å²) in [5.74, 6) is 0.558. The van der Waals surface area contributed by atoms with E-state index >= 15 is 0 Å². The molecule has 0 saturated heterocycles. The summed E-state index contributed by atoms with van der Waals surface area (Å²) in [5.41, 5.74) is 3.12. The molecule has 0 fully saturated rings. The zero-order chi connectivity index (χ0) is 20.9. The number of aromatic nitrogens is 4. The highest BCUT2D eigenvalue weighted by Gasteiger charge is 2.30. The number of allylic oxidation sites excluding steroid dienone is 1. The lowest BCUT2D eigenvalue weighted by atomic mass is 10.1. The molecule has 0 N–H and O–H groups in total. The van der Waals surface area contributed by atoms with Crippen LogP contribution in [0.5, 0.6) is 0 Å². The van der Waals surface area contributed by atoms with Crippen molar-refractivity contribution in [3.05, 3.63) is 68.9 Å². The SMILES string of the molecule is C=CCn1c(=O)c2c(nc3n2[C@H](C)C(C)=NN3Cc2cccc(C)c2)n(C)c1=O. The summed E-state index contributed by atoms with van der Waals surface area (Å²) in [4.78, 5) is 30.5. The molecular weight excluding hydrogens is 368 g/mol. The van der Waals surface area contributed by atoms with E-state index in [1.165, 1.54) is 9.13 Å². The molecule has 0 radical (unpaired) electrons. The van der Waals surface area contributed by atoms with Crippen LogP contribution in [0.3, 0.4) is 0 Å². The summed E-state index contributed by atoms with van der Waals surface area (Å²) >= 11 is 0. The molecule has 8 heteroatoms. The van der Waals surface area contributed by atoms with Crippen molar-refractivity contribution in [2.24, 2.45) is 12.1 Å². The van der Waals surface area contributed by atoms with Gasteiger partial charge in [-0.2, -0.15) is 10.1 Å². The van der Waals surface area contributed by atoms with Crippen molar-refractivity contribution >= 4 is 22.8 Å². The van der Waals surface area contributed by atoms with E-state index in [0.717, 1.165) is 16.8 Å². The van der Waals surface area contributed by atoms with E-state index in [-0.39, 0.29) is 18.1 Å². The van der Waals surface area contributed by atoms with Crippen LogP contribution < -0.4 is 16.3 Å². The number of hydrogen-bond donors (Lipinski definition) is 0. The van der Waals surface area contributed by atoms with Gasteiger partial charge in [-0.15, -0.1) is 6.58 Å². The van der Waals surface area contributed by atoms with Crippen molar-refractivity contribution in [3.63, 3.8) is 0 Å². The Labute approximate surface area is 168 Å². The number of rotatable bonds is 4. The normalized spacial score (nSPS) is 16.1. The van der Waals surface area contributed by atoms with Crippen LogP contribution in [-0.2, 0) is 20.1 Å². The predicted octanol–water partition coefficient (Wildman–Crippen LogP) is 2.35. The van der Waals surface area contributed by atoms with Crippen molar-refractivity contribution in [2.75, 3.05) is 5.01 Å². The molecule has 1 aliphatic heterocycles. The van der Waals surface area contributed by atoms with Gasteiger partial charge in [-0.25, -0.2) is 9.80 Å². The molecule has 4 rings (SSSR count). The summed E-state index contributed by atoms with van der Waals surface area (Å²) in [7, 11) is 1.63. The molecule has 1 aromatic carbocycles. The van der Waals surface area contributed by atoms with E-state index in [0.29, 0.717) is 23.7 Å². The molecule has 1 aliphatic rings. The quantitative estimate of drug-likeness (QED) is 0.639. The van der Waals surface area contributed by atoms with Gasteiger partial charge >= 0.3 is 5.69 Å². The van der Waals surface area contributed by atoms with Crippen molar-refractivity contribution in [1.82, 2.24) is 18.7 Å². The number of imidazole rings is 1. The van der Waals surface area contributed by atoms with Crippen LogP contribution in [0.2, 0.25) is 0 Å². The van der Waals surface area contributed by atoms with Gasteiger partial charge in [0.1, 0.15) is 0 Å². The molecule has 3 aromatic rings. The minimum Gasteiger partial charge on any atom is -0.294 e. The second kappa shape index (κ2) is 6.88. The van der Waals surface area contributed by atoms with Crippen molar-refractivity contribution < 1.29 is 0 Å². The average Bonchev–Trinajstić information content (AvgIpc) is 3.09. The van der Waals surface area contributed by atoms with Crippen molar-refractivity contribution in [1.29, 1.82) is 0 Å². The number of hydrazone groups is 1. The molecule has 0 aliphatic carbocycles. The Hall–Kier alpha value is -3.42. The highest BCUT2D eigenvalue weighted by Crippen LogP contribution is 2.30. The molecule has 0 bridgehead atoms. The Morgan fingerprint density at radius 3 is 2.69 bits per heavy atom. The standard InChI is InChI=1S/C21H24N6O2/c1-6-10-25-19(28)17-18(24(5)21(25)29)22-20-26(23-14(3)15(4)27(17)20)12-16-9-7-8-13(2)11-16/h6-9,11,15H,1,10,12H2,2-5H3/t15-/m1/s1. The summed E-state index contributed by atoms with van der Waals surface area (Å²) in [6.45, 7) is 10.3. The molecule has 0 unspecified atom stereocenters. The fraction of sp³-hybridized carbons (Fsp3) is 0.333. The van der Waals surface area contributed by atoms with E-state index in [2.05, 4.69) is 17.6 Å². The number of hydrogen-bond acceptors (Lipinski definition) is 5. The minimum absolute atomic E-state index is 0.147. The Kier molecular flexibility index (Phi) is 4.49. The zero-order valence-corrected chi connectivity index (χ0v) is 17.1. The average molecular weight is 392 g/mol. The number of nitrogens with zero attached hydrogens (tertiary/aromatic N) is 6. The number of benzene rings is 1. The lowest BCUT2D eigenvalue weighted by Crippen LogP contribution is -2.40. The van der Waals surface area contributed by atoms with Gasteiger partial charge in [0.15, 0.2) is 11.2 Å². The van der Waals surface area contributed by atoms with Gasteiger partial charge in [-0.1, -0.05) is 35.9 Å². The smallest absolute Gasteiger partial charge is 0.294 e. The highest BCUT2D eigenvalue weighted by atomic mass is 16.2. The van der Waals surface area contributed by atoms with Gasteiger partial charge < -0.3 is 0 Å². The Morgan fingerprint density at radius 1 is 1.24 bits per heavy atom. The first-order chi connectivity index (χ1) is 13.8. The van der Waals surface area contributed by atoms with Gasteiger partial charge in [0.05, 0.1) is 18.3 Å². The van der Waals surface area contributed by atoms with E-state index in [1.54, 1.807) is 18.1 Å². The first kappa shape index (κ1) is 18.9. The zero-order valence-electron chi connectivity index (χ0n) is 17.1. The van der Waals surface area contributed by atoms with E-state index in [1.807, 2.05) is 43.5 Å². The fourth-order valence-corrected chi connectivity index (χ4v) is 3.76. The van der Waals surface area contributed by atoms with Crippen LogP contribution in [-0.4, -0.2) is 24.4 Å². The summed E-state index contributed by atoms with van der Waals surface area (Å²) in [5, 5.41) is 6.52. The molecule has 3 heterocycles. The Morgan fingerprint density at radius 2 is 2.00 bits per heavy atom. The Bertz CT molecular complexity index is 1280. The molecular formula is C21H24N6O2. The molecule has 0 spiro atoms. The molecule has 8 nitrogen and oxygen atoms in total. The summed E-state index contributed by atoms with van der Waals surface area (Å²) in [6.07, 6.45) is 1.54. The van der Waals surface area contributed by atoms with E-state index < -0.39 is 5.69 Å². The maximum Gasteiger partial charge on any atom is 0.332 e. The van der Waals surface area contributed by atoms with Crippen LogP contribution in [0.1, 0.15) is 31.0 Å². The number of fused-ring (bicyclic) bond motifs is 3. The molecule has 0 amide bonds. The second-order valence-corrected chi connectivity index (χ2v) is 7.46. The van der Waals surface area contributed by atoms with Gasteiger partial charge in [-0.05, 0) is 26.3 Å². The Balaban J connectivity index is 1.97. The van der Waals surface area contributed by atoms with Crippen molar-refractivity contribution in [3.8, 4) is 0 Å². The predicted molar refractivity (Wildman–Crippen MR) is 115 cm³/mol. The van der Waals surface area contributed by atoms with Crippen LogP contribution in [0, 0.1) is 6.92 Å². The maximum atomic E-state index is 13.2. The number of anilines is 1. The van der Waals surface area contributed by atoms with Crippen LogP contribution in [0.15, 0.2) is 51.6 Å². The highest BCUT2D eigenvalue weighted by molar-refractivity contribution is 5.91. The third-order valence-electron chi connectivity index (χ3n) is 5.39. The summed E-state index contributed by atoms with van der Waals surface area (Å²) in [6, 6.07) is 8.04. The fourth-order valence-electron chi connectivity index (χ4n) is 3.76. The van der Waals surface area contributed by atoms with E-state index in [4.69, 9.17) is 5.10 Å².